The van der Waals surface area contributed by atoms with Gasteiger partial charge in [-0.15, -0.1) is 0 Å². The summed E-state index contributed by atoms with van der Waals surface area (Å²) in [7, 11) is 0. The molecule has 0 bridgehead atoms. The Morgan fingerprint density at radius 2 is 1.75 bits per heavy atom. The van der Waals surface area contributed by atoms with E-state index in [1.54, 1.807) is 13.0 Å². The Balaban J connectivity index is 2.43. The van der Waals surface area contributed by atoms with Crippen LogP contribution in [0, 0.1) is 18.6 Å². The summed E-state index contributed by atoms with van der Waals surface area (Å²) in [5.41, 5.74) is 11.3. The molecule has 2 aromatic carbocycles. The monoisotopic (exact) mass is 277 g/mol. The molecule has 0 aliphatic carbocycles. The number of hydrogen-bond acceptors (Lipinski definition) is 3. The summed E-state index contributed by atoms with van der Waals surface area (Å²) in [6.07, 6.45) is 0. The van der Waals surface area contributed by atoms with Gasteiger partial charge in [0.15, 0.2) is 0 Å². The van der Waals surface area contributed by atoms with Crippen molar-refractivity contribution in [2.45, 2.75) is 6.92 Å². The third-order valence-corrected chi connectivity index (χ3v) is 2.80. The highest BCUT2D eigenvalue weighted by atomic mass is 19.1. The van der Waals surface area contributed by atoms with Crippen molar-refractivity contribution in [2.24, 2.45) is 5.73 Å². The quantitative estimate of drug-likeness (QED) is 0.754. The molecule has 0 saturated heterocycles. The fourth-order valence-electron chi connectivity index (χ4n) is 1.76. The highest BCUT2D eigenvalue weighted by molar-refractivity contribution is 5.99. The van der Waals surface area contributed by atoms with Crippen LogP contribution in [-0.4, -0.2) is 5.91 Å². The molecule has 0 unspecified atom stereocenters. The highest BCUT2D eigenvalue weighted by Gasteiger charge is 2.13. The van der Waals surface area contributed by atoms with Gasteiger partial charge in [-0.3, -0.25) is 4.79 Å². The van der Waals surface area contributed by atoms with Gasteiger partial charge in [0.25, 0.3) is 5.91 Å². The maximum Gasteiger partial charge on any atom is 0.250 e. The van der Waals surface area contributed by atoms with Crippen LogP contribution >= 0.6 is 0 Å². The lowest BCUT2D eigenvalue weighted by Crippen LogP contribution is -2.14. The number of aryl methyl sites for hydroxylation is 1. The predicted molar refractivity (Wildman–Crippen MR) is 73.8 cm³/mol. The number of nitrogens with one attached hydrogen (secondary N) is 1. The first-order chi connectivity index (χ1) is 9.38. The highest BCUT2D eigenvalue weighted by Crippen LogP contribution is 2.26. The molecule has 0 aliphatic heterocycles. The van der Waals surface area contributed by atoms with Crippen LogP contribution in [0.5, 0.6) is 0 Å². The molecule has 0 aromatic heterocycles. The number of carbonyl (C=O) groups is 1. The molecule has 104 valence electrons. The van der Waals surface area contributed by atoms with Crippen molar-refractivity contribution in [2.75, 3.05) is 11.1 Å². The van der Waals surface area contributed by atoms with E-state index in [1.807, 2.05) is 0 Å². The first-order valence-corrected chi connectivity index (χ1v) is 5.80. The van der Waals surface area contributed by atoms with Crippen LogP contribution in [-0.2, 0) is 0 Å². The molecule has 1 amide bonds. The number of anilines is 3. The number of halogens is 2. The van der Waals surface area contributed by atoms with Crippen molar-refractivity contribution in [1.82, 2.24) is 0 Å². The number of primary amides is 1. The van der Waals surface area contributed by atoms with Gasteiger partial charge in [0.2, 0.25) is 0 Å². The summed E-state index contributed by atoms with van der Waals surface area (Å²) < 4.78 is 27.5. The van der Waals surface area contributed by atoms with Crippen LogP contribution in [0.4, 0.5) is 25.8 Å². The second kappa shape index (κ2) is 5.16. The Morgan fingerprint density at radius 3 is 2.35 bits per heavy atom. The van der Waals surface area contributed by atoms with E-state index >= 15 is 0 Å². The lowest BCUT2D eigenvalue weighted by Gasteiger charge is -2.11. The maximum absolute atomic E-state index is 13.8. The topological polar surface area (TPSA) is 81.1 Å². The Morgan fingerprint density at radius 1 is 1.10 bits per heavy atom. The molecule has 0 aliphatic rings. The number of hydrogen-bond donors (Lipinski definition) is 3. The first kappa shape index (κ1) is 13.8. The summed E-state index contributed by atoms with van der Waals surface area (Å²) in [4.78, 5) is 11.2. The summed E-state index contributed by atoms with van der Waals surface area (Å²) >= 11 is 0. The predicted octanol–water partition coefficient (Wildman–Crippen LogP) is 2.70. The van der Waals surface area contributed by atoms with Gasteiger partial charge in [0, 0.05) is 5.69 Å². The molecule has 2 rings (SSSR count). The molecule has 2 aromatic rings. The number of carbonyl (C=O) groups excluding carboxylic acids is 1. The lowest BCUT2D eigenvalue weighted by atomic mass is 10.1. The zero-order chi connectivity index (χ0) is 14.9. The van der Waals surface area contributed by atoms with Crippen LogP contribution in [0.15, 0.2) is 30.3 Å². The average molecular weight is 277 g/mol. The lowest BCUT2D eigenvalue weighted by molar-refractivity contribution is 0.100. The van der Waals surface area contributed by atoms with Gasteiger partial charge in [0.1, 0.15) is 11.6 Å². The summed E-state index contributed by atoms with van der Waals surface area (Å²) in [6.45, 7) is 1.74. The number of amides is 1. The Kier molecular flexibility index (Phi) is 3.56. The summed E-state index contributed by atoms with van der Waals surface area (Å²) in [5, 5.41) is 2.58. The number of nitrogen functional groups attached to an aromatic ring is 1. The maximum atomic E-state index is 13.8. The molecule has 6 heteroatoms. The van der Waals surface area contributed by atoms with Crippen molar-refractivity contribution < 1.29 is 13.6 Å². The smallest absolute Gasteiger partial charge is 0.250 e. The third-order valence-electron chi connectivity index (χ3n) is 2.80. The molecule has 0 radical (unpaired) electrons. The van der Waals surface area contributed by atoms with E-state index in [-0.39, 0.29) is 22.6 Å². The molecule has 20 heavy (non-hydrogen) atoms. The van der Waals surface area contributed by atoms with Gasteiger partial charge in [-0.05, 0) is 36.8 Å². The van der Waals surface area contributed by atoms with Gasteiger partial charge in [-0.2, -0.15) is 0 Å². The second-order valence-corrected chi connectivity index (χ2v) is 4.39. The van der Waals surface area contributed by atoms with E-state index in [4.69, 9.17) is 11.5 Å². The van der Waals surface area contributed by atoms with E-state index in [0.29, 0.717) is 0 Å². The summed E-state index contributed by atoms with van der Waals surface area (Å²) in [5.74, 6) is -2.01. The molecule has 0 spiro atoms. The van der Waals surface area contributed by atoms with E-state index in [9.17, 15) is 13.6 Å². The van der Waals surface area contributed by atoms with Gasteiger partial charge in [0.05, 0.1) is 16.9 Å². The molecule has 0 heterocycles. The summed E-state index contributed by atoms with van der Waals surface area (Å²) in [6, 6.07) is 6.59. The molecular formula is C14H13F2N3O. The van der Waals surface area contributed by atoms with Crippen LogP contribution in [0.3, 0.4) is 0 Å². The largest absolute Gasteiger partial charge is 0.398 e. The number of rotatable bonds is 3. The molecule has 0 atom stereocenters. The van der Waals surface area contributed by atoms with Crippen LogP contribution in [0.1, 0.15) is 15.9 Å². The first-order valence-electron chi connectivity index (χ1n) is 5.80. The molecule has 4 nitrogen and oxygen atoms in total. The van der Waals surface area contributed by atoms with Crippen molar-refractivity contribution in [3.05, 3.63) is 53.1 Å². The molecule has 5 N–H and O–H groups in total. The molecule has 0 saturated carbocycles. The van der Waals surface area contributed by atoms with Crippen LogP contribution in [0.25, 0.3) is 0 Å². The standard InChI is InChI=1S/C14H13F2N3O/c1-7-2-3-12(9(15)4-7)19-13-5-8(14(18)20)11(17)6-10(13)16/h2-6,19H,17H2,1H3,(H2,18,20). The average Bonchev–Trinajstić information content (AvgIpc) is 2.35. The molecule has 0 fully saturated rings. The van der Waals surface area contributed by atoms with Gasteiger partial charge >= 0.3 is 0 Å². The SMILES string of the molecule is Cc1ccc(Nc2cc(C(N)=O)c(N)cc2F)c(F)c1. The van der Waals surface area contributed by atoms with Gasteiger partial charge in [-0.1, -0.05) is 6.07 Å². The van der Waals surface area contributed by atoms with Crippen molar-refractivity contribution in [3.8, 4) is 0 Å². The Bertz CT molecular complexity index is 686. The third kappa shape index (κ3) is 2.69. The zero-order valence-corrected chi connectivity index (χ0v) is 10.7. The van der Waals surface area contributed by atoms with Crippen molar-refractivity contribution in [3.63, 3.8) is 0 Å². The second-order valence-electron chi connectivity index (χ2n) is 4.39. The fraction of sp³-hybridized carbons (Fsp3) is 0.0714. The van der Waals surface area contributed by atoms with Gasteiger partial charge < -0.3 is 16.8 Å². The Labute approximate surface area is 114 Å². The van der Waals surface area contributed by atoms with Crippen molar-refractivity contribution in [1.29, 1.82) is 0 Å². The normalized spacial score (nSPS) is 10.3. The zero-order valence-electron chi connectivity index (χ0n) is 10.7. The van der Waals surface area contributed by atoms with E-state index in [0.717, 1.165) is 17.7 Å². The fourth-order valence-corrected chi connectivity index (χ4v) is 1.76. The van der Waals surface area contributed by atoms with Crippen LogP contribution in [0.2, 0.25) is 0 Å². The Hall–Kier alpha value is -2.63. The van der Waals surface area contributed by atoms with E-state index in [2.05, 4.69) is 5.32 Å². The van der Waals surface area contributed by atoms with Gasteiger partial charge in [-0.25, -0.2) is 8.78 Å². The number of nitrogens with two attached hydrogens (primary N) is 2. The van der Waals surface area contributed by atoms with Crippen molar-refractivity contribution >= 4 is 23.0 Å². The number of benzene rings is 2. The van der Waals surface area contributed by atoms with E-state index < -0.39 is 17.5 Å². The minimum absolute atomic E-state index is 0.0265. The minimum Gasteiger partial charge on any atom is -0.398 e. The molecular weight excluding hydrogens is 264 g/mol. The minimum atomic E-state index is -0.782. The van der Waals surface area contributed by atoms with Crippen LogP contribution < -0.4 is 16.8 Å². The van der Waals surface area contributed by atoms with E-state index in [1.165, 1.54) is 12.1 Å².